The van der Waals surface area contributed by atoms with Gasteiger partial charge < -0.3 is 0 Å². The molecule has 0 atom stereocenters. The second-order valence-electron chi connectivity index (χ2n) is 4.58. The van der Waals surface area contributed by atoms with Crippen LogP contribution in [0, 0.1) is 0 Å². The predicted molar refractivity (Wildman–Crippen MR) is 80.8 cm³/mol. The maximum Gasteiger partial charge on any atom is 0.232 e. The number of rotatable bonds is 8. The third-order valence-electron chi connectivity index (χ3n) is 2.97. The smallest absolute Gasteiger partial charge is 0.232 e. The van der Waals surface area contributed by atoms with Crippen molar-refractivity contribution in [1.29, 1.82) is 0 Å². The number of nitrogens with one attached hydrogen (secondary N) is 1. The minimum atomic E-state index is -3.20. The van der Waals surface area contributed by atoms with Crippen LogP contribution in [0.4, 0.5) is 5.69 Å². The molecule has 4 nitrogen and oxygen atoms in total. The average Bonchev–Trinajstić information content (AvgIpc) is 2.35. The average molecular weight is 284 g/mol. The summed E-state index contributed by atoms with van der Waals surface area (Å²) in [5.74, 6) is 0.160. The van der Waals surface area contributed by atoms with Crippen LogP contribution in [-0.2, 0) is 16.6 Å². The number of anilines is 1. The van der Waals surface area contributed by atoms with Crippen molar-refractivity contribution in [2.24, 2.45) is 0 Å². The summed E-state index contributed by atoms with van der Waals surface area (Å²) in [6, 6.07) is 7.61. The zero-order valence-corrected chi connectivity index (χ0v) is 12.8. The highest BCUT2D eigenvalue weighted by Gasteiger charge is 2.09. The fourth-order valence-corrected chi connectivity index (χ4v) is 3.06. The van der Waals surface area contributed by atoms with Crippen LogP contribution in [0.2, 0.25) is 0 Å². The van der Waals surface area contributed by atoms with Crippen molar-refractivity contribution in [3.8, 4) is 0 Å². The molecule has 1 aromatic rings. The third kappa shape index (κ3) is 5.61. The molecule has 0 saturated heterocycles. The SMILES string of the molecule is CCCS(=O)(=O)Nc1cccc(CN(CC)CC)c1. The molecule has 0 unspecified atom stereocenters. The lowest BCUT2D eigenvalue weighted by molar-refractivity contribution is 0.296. The topological polar surface area (TPSA) is 49.4 Å². The van der Waals surface area contributed by atoms with Crippen LogP contribution in [-0.4, -0.2) is 32.2 Å². The van der Waals surface area contributed by atoms with E-state index < -0.39 is 10.0 Å². The van der Waals surface area contributed by atoms with Crippen LogP contribution in [0.1, 0.15) is 32.8 Å². The molecule has 108 valence electrons. The standard InChI is InChI=1S/C14H24N2O2S/c1-4-10-19(17,18)15-14-9-7-8-13(11-14)12-16(5-2)6-3/h7-9,11,15H,4-6,10,12H2,1-3H3. The van der Waals surface area contributed by atoms with Gasteiger partial charge in [-0.25, -0.2) is 8.42 Å². The Kier molecular flexibility index (Phi) is 6.31. The van der Waals surface area contributed by atoms with E-state index >= 15 is 0 Å². The predicted octanol–water partition coefficient (Wildman–Crippen LogP) is 2.68. The Balaban J connectivity index is 2.77. The van der Waals surface area contributed by atoms with Crippen molar-refractivity contribution in [2.75, 3.05) is 23.6 Å². The molecule has 0 amide bonds. The summed E-state index contributed by atoms with van der Waals surface area (Å²) in [6.07, 6.45) is 0.620. The molecule has 0 aliphatic carbocycles. The molecule has 0 saturated carbocycles. The van der Waals surface area contributed by atoms with Crippen molar-refractivity contribution in [3.63, 3.8) is 0 Å². The highest BCUT2D eigenvalue weighted by Crippen LogP contribution is 2.14. The van der Waals surface area contributed by atoms with Crippen LogP contribution in [0.25, 0.3) is 0 Å². The van der Waals surface area contributed by atoms with Crippen LogP contribution in [0.3, 0.4) is 0 Å². The first kappa shape index (κ1) is 16.0. The molecule has 0 fully saturated rings. The summed E-state index contributed by atoms with van der Waals surface area (Å²) in [6.45, 7) is 8.92. The van der Waals surface area contributed by atoms with Gasteiger partial charge in [-0.3, -0.25) is 9.62 Å². The summed E-state index contributed by atoms with van der Waals surface area (Å²) < 4.78 is 26.1. The van der Waals surface area contributed by atoms with Crippen LogP contribution in [0.5, 0.6) is 0 Å². The number of nitrogens with zero attached hydrogens (tertiary/aromatic N) is 1. The largest absolute Gasteiger partial charge is 0.300 e. The van der Waals surface area contributed by atoms with Gasteiger partial charge in [0.25, 0.3) is 0 Å². The number of benzene rings is 1. The van der Waals surface area contributed by atoms with E-state index in [1.54, 1.807) is 6.07 Å². The van der Waals surface area contributed by atoms with Gasteiger partial charge in [-0.1, -0.05) is 32.9 Å². The summed E-state index contributed by atoms with van der Waals surface area (Å²) in [5.41, 5.74) is 1.78. The number of hydrogen-bond acceptors (Lipinski definition) is 3. The fraction of sp³-hybridized carbons (Fsp3) is 0.571. The van der Waals surface area contributed by atoms with E-state index in [2.05, 4.69) is 23.5 Å². The minimum Gasteiger partial charge on any atom is -0.300 e. The third-order valence-corrected chi connectivity index (χ3v) is 4.47. The number of hydrogen-bond donors (Lipinski definition) is 1. The normalized spacial score (nSPS) is 11.8. The molecule has 19 heavy (non-hydrogen) atoms. The van der Waals surface area contributed by atoms with Crippen molar-refractivity contribution < 1.29 is 8.42 Å². The van der Waals surface area contributed by atoms with Gasteiger partial charge in [-0.05, 0) is 37.2 Å². The maximum absolute atomic E-state index is 11.7. The monoisotopic (exact) mass is 284 g/mol. The van der Waals surface area contributed by atoms with E-state index in [1.807, 2.05) is 25.1 Å². The van der Waals surface area contributed by atoms with Crippen LogP contribution < -0.4 is 4.72 Å². The molecule has 0 spiro atoms. The molecule has 5 heteroatoms. The first-order valence-corrected chi connectivity index (χ1v) is 8.47. The van der Waals surface area contributed by atoms with E-state index in [0.29, 0.717) is 12.1 Å². The van der Waals surface area contributed by atoms with Gasteiger partial charge in [0.15, 0.2) is 0 Å². The number of sulfonamides is 1. The molecule has 0 aliphatic heterocycles. The Morgan fingerprint density at radius 1 is 1.16 bits per heavy atom. The highest BCUT2D eigenvalue weighted by atomic mass is 32.2. The molecule has 0 heterocycles. The zero-order chi connectivity index (χ0) is 14.3. The molecular weight excluding hydrogens is 260 g/mol. The van der Waals surface area contributed by atoms with E-state index in [0.717, 1.165) is 25.2 Å². The van der Waals surface area contributed by atoms with Gasteiger partial charge in [0.2, 0.25) is 10.0 Å². The lowest BCUT2D eigenvalue weighted by Gasteiger charge is -2.18. The van der Waals surface area contributed by atoms with E-state index in [9.17, 15) is 8.42 Å². The zero-order valence-electron chi connectivity index (χ0n) is 12.0. The molecule has 0 aromatic heterocycles. The Hall–Kier alpha value is -1.07. The Labute approximate surface area is 116 Å². The lowest BCUT2D eigenvalue weighted by Crippen LogP contribution is -2.22. The van der Waals surface area contributed by atoms with E-state index in [-0.39, 0.29) is 5.75 Å². The Morgan fingerprint density at radius 3 is 2.42 bits per heavy atom. The Morgan fingerprint density at radius 2 is 1.84 bits per heavy atom. The van der Waals surface area contributed by atoms with Crippen molar-refractivity contribution in [1.82, 2.24) is 4.90 Å². The molecule has 1 rings (SSSR count). The second kappa shape index (κ2) is 7.50. The summed E-state index contributed by atoms with van der Waals surface area (Å²) in [4.78, 5) is 2.29. The molecule has 0 bridgehead atoms. The van der Waals surface area contributed by atoms with Gasteiger partial charge >= 0.3 is 0 Å². The first-order chi connectivity index (χ1) is 9.00. The lowest BCUT2D eigenvalue weighted by atomic mass is 10.2. The van der Waals surface area contributed by atoms with Crippen LogP contribution in [0.15, 0.2) is 24.3 Å². The van der Waals surface area contributed by atoms with Gasteiger partial charge in [0.1, 0.15) is 0 Å². The first-order valence-electron chi connectivity index (χ1n) is 6.82. The quantitative estimate of drug-likeness (QED) is 0.798. The van der Waals surface area contributed by atoms with E-state index in [4.69, 9.17) is 0 Å². The van der Waals surface area contributed by atoms with Gasteiger partial charge in [0, 0.05) is 12.2 Å². The van der Waals surface area contributed by atoms with Crippen molar-refractivity contribution >= 4 is 15.7 Å². The van der Waals surface area contributed by atoms with Gasteiger partial charge in [-0.2, -0.15) is 0 Å². The van der Waals surface area contributed by atoms with Gasteiger partial charge in [-0.15, -0.1) is 0 Å². The van der Waals surface area contributed by atoms with Crippen LogP contribution >= 0.6 is 0 Å². The van der Waals surface area contributed by atoms with Gasteiger partial charge in [0.05, 0.1) is 5.75 Å². The molecular formula is C14H24N2O2S. The Bertz CT molecular complexity index is 482. The summed E-state index contributed by atoms with van der Waals surface area (Å²) >= 11 is 0. The van der Waals surface area contributed by atoms with Crippen molar-refractivity contribution in [3.05, 3.63) is 29.8 Å². The minimum absolute atomic E-state index is 0.160. The summed E-state index contributed by atoms with van der Waals surface area (Å²) in [5, 5.41) is 0. The molecule has 1 N–H and O–H groups in total. The van der Waals surface area contributed by atoms with Crippen molar-refractivity contribution in [2.45, 2.75) is 33.7 Å². The highest BCUT2D eigenvalue weighted by molar-refractivity contribution is 7.92. The molecule has 1 aromatic carbocycles. The fourth-order valence-electron chi connectivity index (χ4n) is 1.94. The maximum atomic E-state index is 11.7. The summed E-state index contributed by atoms with van der Waals surface area (Å²) in [7, 11) is -3.20. The second-order valence-corrected chi connectivity index (χ2v) is 6.42. The molecule has 0 aliphatic rings. The molecule has 0 radical (unpaired) electrons. The van der Waals surface area contributed by atoms with E-state index in [1.165, 1.54) is 0 Å².